The van der Waals surface area contributed by atoms with Crippen molar-refractivity contribution in [2.45, 2.75) is 6.92 Å². The van der Waals surface area contributed by atoms with Gasteiger partial charge in [0, 0.05) is 16.9 Å². The lowest BCUT2D eigenvalue weighted by molar-refractivity contribution is 0.0698. The lowest BCUT2D eigenvalue weighted by atomic mass is 10.2. The minimum atomic E-state index is -0.886. The topological polar surface area (TPSA) is 41.7 Å². The average Bonchev–Trinajstić information content (AvgIpc) is 2.40. The maximum Gasteiger partial charge on any atom is 0.338 e. The number of pyridine rings is 1. The molecule has 0 fully saturated rings. The van der Waals surface area contributed by atoms with Crippen molar-refractivity contribution in [2.75, 3.05) is 0 Å². The fraction of sp³-hybridized carbons (Fsp3) is 0.100. The van der Waals surface area contributed by atoms with E-state index in [0.717, 1.165) is 10.0 Å². The summed E-state index contributed by atoms with van der Waals surface area (Å²) in [7, 11) is 0. The molecule has 0 unspecified atom stereocenters. The SMILES string of the molecule is Cc1cn2ccc(Br)cc2c1C(=O)O. The number of carboxylic acid groups (broad SMARTS) is 1. The molecule has 4 heteroatoms. The fourth-order valence-electron chi connectivity index (χ4n) is 1.55. The molecule has 0 amide bonds. The van der Waals surface area contributed by atoms with E-state index in [1.807, 2.05) is 22.9 Å². The van der Waals surface area contributed by atoms with Gasteiger partial charge in [-0.3, -0.25) is 0 Å². The first-order valence-electron chi connectivity index (χ1n) is 4.09. The highest BCUT2D eigenvalue weighted by Gasteiger charge is 2.13. The van der Waals surface area contributed by atoms with Crippen molar-refractivity contribution >= 4 is 27.4 Å². The molecule has 0 spiro atoms. The highest BCUT2D eigenvalue weighted by molar-refractivity contribution is 9.10. The van der Waals surface area contributed by atoms with Crippen LogP contribution in [0.1, 0.15) is 15.9 Å². The standard InChI is InChI=1S/C10H8BrNO2/c1-6-5-12-3-2-7(11)4-8(12)9(6)10(13)14/h2-5H,1H3,(H,13,14). The second-order valence-corrected chi connectivity index (χ2v) is 4.05. The Balaban J connectivity index is 2.86. The summed E-state index contributed by atoms with van der Waals surface area (Å²) >= 11 is 3.32. The zero-order valence-corrected chi connectivity index (χ0v) is 9.08. The summed E-state index contributed by atoms with van der Waals surface area (Å²) in [4.78, 5) is 11.0. The number of nitrogens with zero attached hydrogens (tertiary/aromatic N) is 1. The van der Waals surface area contributed by atoms with Crippen LogP contribution in [0.15, 0.2) is 29.0 Å². The Morgan fingerprint density at radius 1 is 1.57 bits per heavy atom. The van der Waals surface area contributed by atoms with Crippen molar-refractivity contribution in [3.8, 4) is 0 Å². The van der Waals surface area contributed by atoms with E-state index >= 15 is 0 Å². The summed E-state index contributed by atoms with van der Waals surface area (Å²) in [6, 6.07) is 3.68. The van der Waals surface area contributed by atoms with E-state index in [0.29, 0.717) is 11.1 Å². The maximum absolute atomic E-state index is 11.0. The summed E-state index contributed by atoms with van der Waals surface area (Å²) in [6.45, 7) is 1.80. The van der Waals surface area contributed by atoms with Crippen molar-refractivity contribution in [3.05, 3.63) is 40.1 Å². The molecule has 1 N–H and O–H groups in total. The molecule has 0 aliphatic carbocycles. The number of hydrogen-bond acceptors (Lipinski definition) is 1. The minimum absolute atomic E-state index is 0.367. The van der Waals surface area contributed by atoms with E-state index in [2.05, 4.69) is 15.9 Å². The number of aryl methyl sites for hydroxylation is 1. The van der Waals surface area contributed by atoms with E-state index in [-0.39, 0.29) is 0 Å². The summed E-state index contributed by atoms with van der Waals surface area (Å²) in [5.74, 6) is -0.886. The van der Waals surface area contributed by atoms with Gasteiger partial charge < -0.3 is 9.51 Å². The molecule has 0 saturated heterocycles. The Kier molecular flexibility index (Phi) is 2.07. The molecule has 2 aromatic rings. The third-order valence-corrected chi connectivity index (χ3v) is 2.64. The first-order valence-corrected chi connectivity index (χ1v) is 4.89. The molecular formula is C10H8BrNO2. The van der Waals surface area contributed by atoms with E-state index in [9.17, 15) is 4.79 Å². The lowest BCUT2D eigenvalue weighted by Crippen LogP contribution is -1.97. The van der Waals surface area contributed by atoms with Crippen LogP contribution in [0, 0.1) is 6.92 Å². The molecule has 0 saturated carbocycles. The van der Waals surface area contributed by atoms with Crippen LogP contribution in [-0.2, 0) is 0 Å². The van der Waals surface area contributed by atoms with Crippen molar-refractivity contribution in [3.63, 3.8) is 0 Å². The Bertz CT molecular complexity index is 516. The van der Waals surface area contributed by atoms with Crippen LogP contribution in [0.25, 0.3) is 5.52 Å². The first kappa shape index (κ1) is 9.27. The van der Waals surface area contributed by atoms with Gasteiger partial charge in [0.2, 0.25) is 0 Å². The number of fused-ring (bicyclic) bond motifs is 1. The number of aromatic carboxylic acids is 1. The molecular weight excluding hydrogens is 246 g/mol. The zero-order valence-electron chi connectivity index (χ0n) is 7.49. The Morgan fingerprint density at radius 2 is 2.29 bits per heavy atom. The molecule has 2 aromatic heterocycles. The fourth-order valence-corrected chi connectivity index (χ4v) is 1.89. The predicted octanol–water partition coefficient (Wildman–Crippen LogP) is 2.71. The van der Waals surface area contributed by atoms with Crippen LogP contribution in [0.2, 0.25) is 0 Å². The maximum atomic E-state index is 11.0. The van der Waals surface area contributed by atoms with Gasteiger partial charge in [0.25, 0.3) is 0 Å². The summed E-state index contributed by atoms with van der Waals surface area (Å²) in [5, 5.41) is 9.01. The molecule has 0 aliphatic rings. The number of rotatable bonds is 1. The smallest absolute Gasteiger partial charge is 0.338 e. The van der Waals surface area contributed by atoms with Gasteiger partial charge >= 0.3 is 5.97 Å². The molecule has 0 aliphatic heterocycles. The second kappa shape index (κ2) is 3.13. The third-order valence-electron chi connectivity index (χ3n) is 2.14. The minimum Gasteiger partial charge on any atom is -0.478 e. The van der Waals surface area contributed by atoms with Gasteiger partial charge in [-0.25, -0.2) is 4.79 Å². The third kappa shape index (κ3) is 1.32. The Labute approximate surface area is 89.1 Å². The first-order chi connectivity index (χ1) is 6.59. The summed E-state index contributed by atoms with van der Waals surface area (Å²) in [6.07, 6.45) is 3.64. The van der Waals surface area contributed by atoms with Crippen molar-refractivity contribution in [2.24, 2.45) is 0 Å². The molecule has 3 nitrogen and oxygen atoms in total. The van der Waals surface area contributed by atoms with Gasteiger partial charge in [-0.1, -0.05) is 15.9 Å². The van der Waals surface area contributed by atoms with Crippen molar-refractivity contribution in [1.82, 2.24) is 4.40 Å². The number of carboxylic acids is 1. The number of aromatic nitrogens is 1. The van der Waals surface area contributed by atoms with Crippen LogP contribution < -0.4 is 0 Å². The molecule has 2 heterocycles. The van der Waals surface area contributed by atoms with E-state index in [1.165, 1.54) is 0 Å². The normalized spacial score (nSPS) is 10.7. The summed E-state index contributed by atoms with van der Waals surface area (Å²) in [5.41, 5.74) is 1.85. The quantitative estimate of drug-likeness (QED) is 0.850. The van der Waals surface area contributed by atoms with Crippen molar-refractivity contribution < 1.29 is 9.90 Å². The van der Waals surface area contributed by atoms with Gasteiger partial charge in [-0.2, -0.15) is 0 Å². The molecule has 0 aromatic carbocycles. The van der Waals surface area contributed by atoms with Crippen LogP contribution in [-0.4, -0.2) is 15.5 Å². The van der Waals surface area contributed by atoms with Crippen LogP contribution >= 0.6 is 15.9 Å². The number of halogens is 1. The molecule has 2 rings (SSSR count). The highest BCUT2D eigenvalue weighted by atomic mass is 79.9. The largest absolute Gasteiger partial charge is 0.478 e. The number of hydrogen-bond donors (Lipinski definition) is 1. The van der Waals surface area contributed by atoms with Gasteiger partial charge in [0.1, 0.15) is 0 Å². The predicted molar refractivity (Wildman–Crippen MR) is 56.8 cm³/mol. The van der Waals surface area contributed by atoms with Crippen LogP contribution in [0.4, 0.5) is 0 Å². The van der Waals surface area contributed by atoms with Gasteiger partial charge in [-0.05, 0) is 24.6 Å². The Morgan fingerprint density at radius 3 is 2.93 bits per heavy atom. The van der Waals surface area contributed by atoms with Crippen LogP contribution in [0.5, 0.6) is 0 Å². The zero-order chi connectivity index (χ0) is 10.3. The monoisotopic (exact) mass is 253 g/mol. The van der Waals surface area contributed by atoms with E-state index < -0.39 is 5.97 Å². The van der Waals surface area contributed by atoms with Gasteiger partial charge in [0.05, 0.1) is 11.1 Å². The Hall–Kier alpha value is -1.29. The molecule has 14 heavy (non-hydrogen) atoms. The molecule has 0 radical (unpaired) electrons. The molecule has 0 bridgehead atoms. The average molecular weight is 254 g/mol. The lowest BCUT2D eigenvalue weighted by Gasteiger charge is -1.96. The summed E-state index contributed by atoms with van der Waals surface area (Å²) < 4.78 is 2.69. The van der Waals surface area contributed by atoms with Gasteiger partial charge in [0.15, 0.2) is 0 Å². The second-order valence-electron chi connectivity index (χ2n) is 3.13. The van der Waals surface area contributed by atoms with E-state index in [1.54, 1.807) is 13.0 Å². The number of carbonyl (C=O) groups is 1. The van der Waals surface area contributed by atoms with E-state index in [4.69, 9.17) is 5.11 Å². The van der Waals surface area contributed by atoms with Gasteiger partial charge in [-0.15, -0.1) is 0 Å². The van der Waals surface area contributed by atoms with Crippen LogP contribution in [0.3, 0.4) is 0 Å². The molecule has 72 valence electrons. The highest BCUT2D eigenvalue weighted by Crippen LogP contribution is 2.21. The molecule has 0 atom stereocenters. The van der Waals surface area contributed by atoms with Crippen molar-refractivity contribution in [1.29, 1.82) is 0 Å².